The Hall–Kier alpha value is -0.460. The molecule has 5 nitrogen and oxygen atoms in total. The molecule has 0 aliphatic carbocycles. The predicted molar refractivity (Wildman–Crippen MR) is 65.3 cm³/mol. The smallest absolute Gasteiger partial charge is 0.211 e. The second-order valence-electron chi connectivity index (χ2n) is 4.64. The molecule has 0 spiro atoms. The minimum Gasteiger partial charge on any atom is -0.377 e. The zero-order valence-electron chi connectivity index (χ0n) is 10.5. The van der Waals surface area contributed by atoms with E-state index in [2.05, 4.69) is 0 Å². The minimum absolute atomic E-state index is 0.0870. The van der Waals surface area contributed by atoms with E-state index in [9.17, 15) is 13.2 Å². The Labute approximate surface area is 103 Å². The average Bonchev–Trinajstić information content (AvgIpc) is 2.26. The van der Waals surface area contributed by atoms with Crippen LogP contribution in [0.3, 0.4) is 0 Å². The van der Waals surface area contributed by atoms with E-state index >= 15 is 0 Å². The van der Waals surface area contributed by atoms with Crippen LogP contribution in [0.1, 0.15) is 25.7 Å². The van der Waals surface area contributed by atoms with E-state index in [4.69, 9.17) is 4.74 Å². The van der Waals surface area contributed by atoms with E-state index in [0.29, 0.717) is 25.4 Å². The monoisotopic (exact) mass is 263 g/mol. The summed E-state index contributed by atoms with van der Waals surface area (Å²) >= 11 is 0. The van der Waals surface area contributed by atoms with Crippen molar-refractivity contribution in [2.45, 2.75) is 25.7 Å². The molecule has 0 aromatic carbocycles. The van der Waals surface area contributed by atoms with Crippen molar-refractivity contribution in [2.75, 3.05) is 33.1 Å². The van der Waals surface area contributed by atoms with Gasteiger partial charge in [0.05, 0.1) is 6.26 Å². The Morgan fingerprint density at radius 1 is 1.47 bits per heavy atom. The molecule has 0 saturated carbocycles. The summed E-state index contributed by atoms with van der Waals surface area (Å²) in [5.41, 5.74) is 0. The lowest BCUT2D eigenvalue weighted by molar-refractivity contribution is -0.123. The fourth-order valence-electron chi connectivity index (χ4n) is 2.16. The Bertz CT molecular complexity index is 352. The average molecular weight is 263 g/mol. The van der Waals surface area contributed by atoms with Gasteiger partial charge in [0.2, 0.25) is 10.0 Å². The second-order valence-corrected chi connectivity index (χ2v) is 6.62. The number of rotatable bonds is 6. The highest BCUT2D eigenvalue weighted by Gasteiger charge is 2.25. The molecule has 0 N–H and O–H groups in total. The van der Waals surface area contributed by atoms with Crippen molar-refractivity contribution < 1.29 is 17.9 Å². The van der Waals surface area contributed by atoms with E-state index in [1.165, 1.54) is 17.7 Å². The summed E-state index contributed by atoms with van der Waals surface area (Å²) in [7, 11) is -1.58. The quantitative estimate of drug-likeness (QED) is 0.706. The number of nitrogens with zero attached hydrogens (tertiary/aromatic N) is 1. The van der Waals surface area contributed by atoms with Crippen LogP contribution in [0.5, 0.6) is 0 Å². The highest BCUT2D eigenvalue weighted by Crippen LogP contribution is 2.22. The summed E-state index contributed by atoms with van der Waals surface area (Å²) in [4.78, 5) is 11.3. The standard InChI is InChI=1S/C11H21NO4S/c1-16-9-11(13)6-5-10-4-3-7-12(8-10)17(2,14)15/h10H,3-9H2,1-2H3. The van der Waals surface area contributed by atoms with Crippen LogP contribution < -0.4 is 0 Å². The first kappa shape index (κ1) is 14.6. The summed E-state index contributed by atoms with van der Waals surface area (Å²) in [6, 6.07) is 0. The van der Waals surface area contributed by atoms with Gasteiger partial charge in [-0.15, -0.1) is 0 Å². The second kappa shape index (κ2) is 6.47. The molecule has 0 aromatic rings. The van der Waals surface area contributed by atoms with Gasteiger partial charge in [0, 0.05) is 26.6 Å². The Kier molecular flexibility index (Phi) is 5.55. The van der Waals surface area contributed by atoms with E-state index in [1.807, 2.05) is 0 Å². The van der Waals surface area contributed by atoms with Crippen molar-refractivity contribution in [1.29, 1.82) is 0 Å². The van der Waals surface area contributed by atoms with Crippen LogP contribution in [0, 0.1) is 5.92 Å². The van der Waals surface area contributed by atoms with Crippen molar-refractivity contribution in [3.05, 3.63) is 0 Å². The SMILES string of the molecule is COCC(=O)CCC1CCCN(S(C)(=O)=O)C1. The third-order valence-electron chi connectivity index (χ3n) is 3.09. The van der Waals surface area contributed by atoms with Gasteiger partial charge in [-0.3, -0.25) is 4.79 Å². The van der Waals surface area contributed by atoms with E-state index in [1.54, 1.807) is 0 Å². The molecule has 0 radical (unpaired) electrons. The normalized spacial score (nSPS) is 22.6. The summed E-state index contributed by atoms with van der Waals surface area (Å²) in [5, 5.41) is 0. The van der Waals surface area contributed by atoms with Crippen molar-refractivity contribution in [1.82, 2.24) is 4.31 Å². The number of ether oxygens (including phenoxy) is 1. The highest BCUT2D eigenvalue weighted by atomic mass is 32.2. The number of methoxy groups -OCH3 is 1. The number of Topliss-reactive ketones (excluding diaryl/α,β-unsaturated/α-hetero) is 1. The van der Waals surface area contributed by atoms with Crippen LogP contribution in [0.15, 0.2) is 0 Å². The number of ketones is 1. The predicted octanol–water partition coefficient (Wildman–Crippen LogP) is 0.654. The van der Waals surface area contributed by atoms with Gasteiger partial charge in [-0.05, 0) is 25.2 Å². The summed E-state index contributed by atoms with van der Waals surface area (Å²) < 4.78 is 29.1. The van der Waals surface area contributed by atoms with Gasteiger partial charge < -0.3 is 4.74 Å². The Morgan fingerprint density at radius 2 is 2.18 bits per heavy atom. The first-order valence-electron chi connectivity index (χ1n) is 5.89. The third kappa shape index (κ3) is 5.14. The van der Waals surface area contributed by atoms with Gasteiger partial charge in [0.1, 0.15) is 6.61 Å². The molecule has 0 bridgehead atoms. The molecule has 17 heavy (non-hydrogen) atoms. The zero-order valence-corrected chi connectivity index (χ0v) is 11.3. The van der Waals surface area contributed by atoms with Crippen molar-refractivity contribution in [2.24, 2.45) is 5.92 Å². The maximum atomic E-state index is 11.4. The summed E-state index contributed by atoms with van der Waals surface area (Å²) in [6.07, 6.45) is 4.37. The van der Waals surface area contributed by atoms with E-state index < -0.39 is 10.0 Å². The lowest BCUT2D eigenvalue weighted by Crippen LogP contribution is -2.39. The Balaban J connectivity index is 2.38. The fourth-order valence-corrected chi connectivity index (χ4v) is 3.10. The van der Waals surface area contributed by atoms with Crippen LogP contribution in [-0.2, 0) is 19.6 Å². The topological polar surface area (TPSA) is 63.7 Å². The molecule has 1 aliphatic rings. The van der Waals surface area contributed by atoms with Crippen molar-refractivity contribution >= 4 is 15.8 Å². The van der Waals surface area contributed by atoms with Gasteiger partial charge in [-0.25, -0.2) is 12.7 Å². The first-order valence-corrected chi connectivity index (χ1v) is 7.74. The number of hydrogen-bond donors (Lipinski definition) is 0. The van der Waals surface area contributed by atoms with Crippen LogP contribution in [0.4, 0.5) is 0 Å². The molecule has 0 amide bonds. The number of carbonyl (C=O) groups excluding carboxylic acids is 1. The molecule has 6 heteroatoms. The largest absolute Gasteiger partial charge is 0.377 e. The number of sulfonamides is 1. The minimum atomic E-state index is -3.08. The molecule has 1 heterocycles. The van der Waals surface area contributed by atoms with Gasteiger partial charge in [-0.2, -0.15) is 0 Å². The Morgan fingerprint density at radius 3 is 2.76 bits per heavy atom. The first-order chi connectivity index (χ1) is 7.93. The molecular formula is C11H21NO4S. The molecule has 1 rings (SSSR count). The molecule has 100 valence electrons. The van der Waals surface area contributed by atoms with Gasteiger partial charge >= 0.3 is 0 Å². The van der Waals surface area contributed by atoms with Crippen LogP contribution >= 0.6 is 0 Å². The number of piperidine rings is 1. The molecule has 1 aliphatic heterocycles. The highest BCUT2D eigenvalue weighted by molar-refractivity contribution is 7.88. The fraction of sp³-hybridized carbons (Fsp3) is 0.909. The van der Waals surface area contributed by atoms with Crippen LogP contribution in [0.2, 0.25) is 0 Å². The maximum absolute atomic E-state index is 11.4. The van der Waals surface area contributed by atoms with Crippen molar-refractivity contribution in [3.63, 3.8) is 0 Å². The lowest BCUT2D eigenvalue weighted by Gasteiger charge is -2.30. The molecule has 1 unspecified atom stereocenters. The van der Waals surface area contributed by atoms with E-state index in [0.717, 1.165) is 19.3 Å². The number of carbonyl (C=O) groups is 1. The molecule has 1 fully saturated rings. The van der Waals surface area contributed by atoms with E-state index in [-0.39, 0.29) is 12.4 Å². The van der Waals surface area contributed by atoms with Gasteiger partial charge in [-0.1, -0.05) is 0 Å². The number of hydrogen-bond acceptors (Lipinski definition) is 4. The lowest BCUT2D eigenvalue weighted by atomic mass is 9.94. The third-order valence-corrected chi connectivity index (χ3v) is 4.36. The van der Waals surface area contributed by atoms with Gasteiger partial charge in [0.15, 0.2) is 5.78 Å². The van der Waals surface area contributed by atoms with Gasteiger partial charge in [0.25, 0.3) is 0 Å². The van der Waals surface area contributed by atoms with Crippen molar-refractivity contribution in [3.8, 4) is 0 Å². The zero-order chi connectivity index (χ0) is 12.9. The summed E-state index contributed by atoms with van der Waals surface area (Å²) in [5.74, 6) is 0.392. The molecule has 1 atom stereocenters. The molecule has 1 saturated heterocycles. The maximum Gasteiger partial charge on any atom is 0.211 e. The summed E-state index contributed by atoms with van der Waals surface area (Å²) in [6.45, 7) is 1.32. The molecule has 0 aromatic heterocycles. The molecular weight excluding hydrogens is 242 g/mol. The van der Waals surface area contributed by atoms with Crippen LogP contribution in [0.25, 0.3) is 0 Å². The van der Waals surface area contributed by atoms with Crippen LogP contribution in [-0.4, -0.2) is 51.6 Å².